The summed E-state index contributed by atoms with van der Waals surface area (Å²) in [6, 6.07) is 26.2. The predicted molar refractivity (Wildman–Crippen MR) is 187 cm³/mol. The van der Waals surface area contributed by atoms with Gasteiger partial charge in [0, 0.05) is 35.1 Å². The Morgan fingerprint density at radius 3 is 2.09 bits per heavy atom. The molecule has 0 heterocycles. The number of sulfonamides is 1. The molecule has 47 heavy (non-hydrogen) atoms. The number of rotatable bonds is 14. The zero-order valence-corrected chi connectivity index (χ0v) is 29.1. The number of carbonyl (C=O) groups is 2. The molecule has 0 aliphatic heterocycles. The molecule has 2 amide bonds. The molecule has 4 aromatic carbocycles. The van der Waals surface area contributed by atoms with Gasteiger partial charge >= 0.3 is 0 Å². The van der Waals surface area contributed by atoms with Gasteiger partial charge in [0.2, 0.25) is 11.8 Å². The van der Waals surface area contributed by atoms with Gasteiger partial charge in [-0.05, 0) is 54.8 Å². The number of methoxy groups -OCH3 is 1. The molecule has 0 saturated carbocycles. The summed E-state index contributed by atoms with van der Waals surface area (Å²) in [7, 11) is -2.87. The van der Waals surface area contributed by atoms with Gasteiger partial charge < -0.3 is 15.0 Å². The molecule has 4 rings (SSSR count). The number of hydrogen-bond acceptors (Lipinski definition) is 5. The molecule has 11 heteroatoms. The van der Waals surface area contributed by atoms with Crippen molar-refractivity contribution in [3.8, 4) is 5.75 Å². The number of anilines is 1. The Bertz CT molecular complexity index is 1760. The molecule has 0 aliphatic carbocycles. The second-order valence-corrected chi connectivity index (χ2v) is 14.2. The first-order valence-corrected chi connectivity index (χ1v) is 17.4. The molecule has 0 radical (unpaired) electrons. The molecule has 4 aromatic rings. The van der Waals surface area contributed by atoms with E-state index in [1.165, 1.54) is 24.1 Å². The fraction of sp³-hybridized carbons (Fsp3) is 0.278. The third-order valence-corrected chi connectivity index (χ3v) is 10.1. The quantitative estimate of drug-likeness (QED) is 0.155. The predicted octanol–water partition coefficient (Wildman–Crippen LogP) is 6.92. The smallest absolute Gasteiger partial charge is 0.264 e. The zero-order valence-electron chi connectivity index (χ0n) is 26.8. The molecule has 1 N–H and O–H groups in total. The number of ether oxygens (including phenoxy) is 1. The van der Waals surface area contributed by atoms with E-state index in [1.807, 2.05) is 51.1 Å². The Morgan fingerprint density at radius 1 is 0.851 bits per heavy atom. The maximum absolute atomic E-state index is 14.7. The zero-order chi connectivity index (χ0) is 34.1. The largest absolute Gasteiger partial charge is 0.495 e. The van der Waals surface area contributed by atoms with Crippen LogP contribution in [0.1, 0.15) is 30.5 Å². The van der Waals surface area contributed by atoms with E-state index in [0.29, 0.717) is 22.2 Å². The number of halogens is 2. The van der Waals surface area contributed by atoms with E-state index < -0.39 is 28.5 Å². The number of hydrogen-bond donors (Lipinski definition) is 1. The molecule has 0 saturated heterocycles. The number of aryl methyl sites for hydroxylation is 1. The van der Waals surface area contributed by atoms with Crippen molar-refractivity contribution in [3.63, 3.8) is 0 Å². The second-order valence-electron chi connectivity index (χ2n) is 11.6. The van der Waals surface area contributed by atoms with Gasteiger partial charge in [-0.3, -0.25) is 13.9 Å². The highest BCUT2D eigenvalue weighted by atomic mass is 35.5. The van der Waals surface area contributed by atoms with Crippen molar-refractivity contribution in [2.45, 2.75) is 44.7 Å². The number of nitrogens with zero attached hydrogens (tertiary/aromatic N) is 2. The fourth-order valence-corrected chi connectivity index (χ4v) is 6.96. The summed E-state index contributed by atoms with van der Waals surface area (Å²) in [4.78, 5) is 30.0. The van der Waals surface area contributed by atoms with Crippen molar-refractivity contribution < 1.29 is 22.7 Å². The first-order valence-electron chi connectivity index (χ1n) is 15.2. The summed E-state index contributed by atoms with van der Waals surface area (Å²) in [6.45, 7) is 5.40. The van der Waals surface area contributed by atoms with Crippen molar-refractivity contribution in [1.82, 2.24) is 10.2 Å². The van der Waals surface area contributed by atoms with Crippen LogP contribution in [0.25, 0.3) is 0 Å². The SMILES string of the molecule is COc1ccccc1N(CC(=O)N(Cc1c(Cl)cccc1Cl)[C@H](Cc1ccccc1)C(=O)NCC(C)C)S(=O)(=O)c1ccc(C)cc1. The van der Waals surface area contributed by atoms with Crippen LogP contribution >= 0.6 is 23.2 Å². The normalized spacial score (nSPS) is 12.0. The van der Waals surface area contributed by atoms with E-state index in [4.69, 9.17) is 27.9 Å². The minimum absolute atomic E-state index is 0.00184. The van der Waals surface area contributed by atoms with E-state index in [0.717, 1.165) is 15.4 Å². The average molecular weight is 697 g/mol. The number of para-hydroxylation sites is 2. The number of nitrogens with one attached hydrogen (secondary N) is 1. The van der Waals surface area contributed by atoms with Crippen molar-refractivity contribution in [1.29, 1.82) is 0 Å². The van der Waals surface area contributed by atoms with Crippen molar-refractivity contribution in [3.05, 3.63) is 124 Å². The maximum Gasteiger partial charge on any atom is 0.264 e. The van der Waals surface area contributed by atoms with Gasteiger partial charge in [0.05, 0.1) is 17.7 Å². The van der Waals surface area contributed by atoms with E-state index in [1.54, 1.807) is 54.6 Å². The minimum Gasteiger partial charge on any atom is -0.495 e. The van der Waals surface area contributed by atoms with E-state index >= 15 is 0 Å². The Labute approximate surface area is 287 Å². The van der Waals surface area contributed by atoms with Crippen LogP contribution < -0.4 is 14.4 Å². The summed E-state index contributed by atoms with van der Waals surface area (Å²) in [6.07, 6.45) is 0.165. The molecule has 0 unspecified atom stereocenters. The van der Waals surface area contributed by atoms with Gasteiger partial charge in [-0.2, -0.15) is 0 Å². The third-order valence-electron chi connectivity index (χ3n) is 7.59. The van der Waals surface area contributed by atoms with Gasteiger partial charge in [0.15, 0.2) is 0 Å². The lowest BCUT2D eigenvalue weighted by Gasteiger charge is -2.34. The monoisotopic (exact) mass is 695 g/mol. The molecule has 1 atom stereocenters. The third kappa shape index (κ3) is 9.06. The molecule has 0 fully saturated rings. The summed E-state index contributed by atoms with van der Waals surface area (Å²) in [5.74, 6) is -0.612. The van der Waals surface area contributed by atoms with Crippen LogP contribution in [0.3, 0.4) is 0 Å². The summed E-state index contributed by atoms with van der Waals surface area (Å²) < 4.78 is 35.1. The Balaban J connectivity index is 1.86. The van der Waals surface area contributed by atoms with Crippen LogP contribution in [-0.2, 0) is 32.6 Å². The average Bonchev–Trinajstić information content (AvgIpc) is 3.05. The lowest BCUT2D eigenvalue weighted by atomic mass is 10.0. The molecule has 0 spiro atoms. The van der Waals surface area contributed by atoms with Crippen LogP contribution in [0.15, 0.2) is 102 Å². The standard InChI is InChI=1S/C36H39Cl2N3O5S/c1-25(2)22-39-36(43)33(21-27-11-6-5-7-12-27)40(23-29-30(37)13-10-14-31(29)38)35(42)24-41(32-15-8-9-16-34(32)46-4)47(44,45)28-19-17-26(3)18-20-28/h5-20,25,33H,21-24H2,1-4H3,(H,39,43)/t33-/m1/s1. The van der Waals surface area contributed by atoms with E-state index in [2.05, 4.69) is 5.32 Å². The van der Waals surface area contributed by atoms with Crippen LogP contribution in [0.4, 0.5) is 5.69 Å². The van der Waals surface area contributed by atoms with Crippen LogP contribution in [-0.4, -0.2) is 51.4 Å². The highest BCUT2D eigenvalue weighted by Crippen LogP contribution is 2.33. The maximum atomic E-state index is 14.7. The Morgan fingerprint density at radius 2 is 1.47 bits per heavy atom. The molecule has 0 aromatic heterocycles. The highest BCUT2D eigenvalue weighted by Gasteiger charge is 2.36. The summed E-state index contributed by atoms with van der Waals surface area (Å²) in [5.41, 5.74) is 2.30. The molecule has 0 bridgehead atoms. The molecular weight excluding hydrogens is 657 g/mol. The summed E-state index contributed by atoms with van der Waals surface area (Å²) >= 11 is 13.2. The van der Waals surface area contributed by atoms with Crippen molar-refractivity contribution in [2.24, 2.45) is 5.92 Å². The molecule has 0 aliphatic rings. The number of carbonyl (C=O) groups excluding carboxylic acids is 2. The van der Waals surface area contributed by atoms with Crippen molar-refractivity contribution >= 4 is 50.7 Å². The van der Waals surface area contributed by atoms with Gasteiger partial charge in [-0.25, -0.2) is 8.42 Å². The first-order chi connectivity index (χ1) is 22.4. The van der Waals surface area contributed by atoms with Crippen molar-refractivity contribution in [2.75, 3.05) is 24.5 Å². The highest BCUT2D eigenvalue weighted by molar-refractivity contribution is 7.92. The lowest BCUT2D eigenvalue weighted by Crippen LogP contribution is -2.53. The van der Waals surface area contributed by atoms with Gasteiger partial charge in [-0.1, -0.05) is 103 Å². The topological polar surface area (TPSA) is 96.0 Å². The van der Waals surface area contributed by atoms with Gasteiger partial charge in [0.1, 0.15) is 18.3 Å². The van der Waals surface area contributed by atoms with Crippen LogP contribution in [0.5, 0.6) is 5.75 Å². The fourth-order valence-electron chi connectivity index (χ4n) is 5.02. The van der Waals surface area contributed by atoms with Gasteiger partial charge in [0.25, 0.3) is 10.0 Å². The Kier molecular flexibility index (Phi) is 12.3. The number of amides is 2. The van der Waals surface area contributed by atoms with Gasteiger partial charge in [-0.15, -0.1) is 0 Å². The first kappa shape index (κ1) is 35.8. The van der Waals surface area contributed by atoms with E-state index in [9.17, 15) is 18.0 Å². The Hall–Kier alpha value is -4.05. The molecule has 248 valence electrons. The summed E-state index contributed by atoms with van der Waals surface area (Å²) in [5, 5.41) is 3.59. The van der Waals surface area contributed by atoms with Crippen LogP contribution in [0, 0.1) is 12.8 Å². The number of benzene rings is 4. The molecule has 8 nitrogen and oxygen atoms in total. The minimum atomic E-state index is -4.29. The second kappa shape index (κ2) is 16.2. The van der Waals surface area contributed by atoms with E-state index in [-0.39, 0.29) is 41.1 Å². The molecular formula is C36H39Cl2N3O5S. The van der Waals surface area contributed by atoms with Crippen LogP contribution in [0.2, 0.25) is 10.0 Å². The lowest BCUT2D eigenvalue weighted by molar-refractivity contribution is -0.140.